The van der Waals surface area contributed by atoms with Crippen LogP contribution in [-0.2, 0) is 6.54 Å². The van der Waals surface area contributed by atoms with Gasteiger partial charge in [-0.1, -0.05) is 18.6 Å². The Bertz CT molecular complexity index is 501. The van der Waals surface area contributed by atoms with Crippen molar-refractivity contribution in [2.24, 2.45) is 0 Å². The van der Waals surface area contributed by atoms with E-state index in [2.05, 4.69) is 46.4 Å². The molecule has 2 heterocycles. The SMILES string of the molecule is c1cnn(-c2ccc(CNCC3CCCCS3)cc2)c1. The molecule has 4 heteroatoms. The Hall–Kier alpha value is -1.26. The highest BCUT2D eigenvalue weighted by molar-refractivity contribution is 7.99. The van der Waals surface area contributed by atoms with Crippen molar-refractivity contribution >= 4 is 11.8 Å². The van der Waals surface area contributed by atoms with Crippen molar-refractivity contribution < 1.29 is 0 Å². The van der Waals surface area contributed by atoms with Gasteiger partial charge >= 0.3 is 0 Å². The van der Waals surface area contributed by atoms with Crippen LogP contribution in [0.1, 0.15) is 24.8 Å². The number of thioether (sulfide) groups is 1. The molecule has 20 heavy (non-hydrogen) atoms. The van der Waals surface area contributed by atoms with Crippen LogP contribution in [0.2, 0.25) is 0 Å². The van der Waals surface area contributed by atoms with E-state index >= 15 is 0 Å². The molecule has 0 bridgehead atoms. The molecule has 1 aromatic heterocycles. The summed E-state index contributed by atoms with van der Waals surface area (Å²) in [6.45, 7) is 2.09. The summed E-state index contributed by atoms with van der Waals surface area (Å²) < 4.78 is 1.88. The first-order chi connectivity index (χ1) is 9.92. The highest BCUT2D eigenvalue weighted by Gasteiger charge is 2.12. The summed E-state index contributed by atoms with van der Waals surface area (Å²) >= 11 is 2.12. The summed E-state index contributed by atoms with van der Waals surface area (Å²) in [4.78, 5) is 0. The maximum atomic E-state index is 4.24. The predicted molar refractivity (Wildman–Crippen MR) is 85.4 cm³/mol. The fraction of sp³-hybridized carbons (Fsp3) is 0.438. The zero-order valence-corrected chi connectivity index (χ0v) is 12.5. The van der Waals surface area contributed by atoms with Crippen molar-refractivity contribution in [3.05, 3.63) is 48.3 Å². The van der Waals surface area contributed by atoms with Crippen LogP contribution in [-0.4, -0.2) is 27.3 Å². The van der Waals surface area contributed by atoms with Gasteiger partial charge < -0.3 is 5.32 Å². The van der Waals surface area contributed by atoms with Gasteiger partial charge in [-0.2, -0.15) is 16.9 Å². The van der Waals surface area contributed by atoms with E-state index < -0.39 is 0 Å². The van der Waals surface area contributed by atoms with Crippen LogP contribution >= 0.6 is 11.8 Å². The lowest BCUT2D eigenvalue weighted by atomic mass is 10.1. The lowest BCUT2D eigenvalue weighted by Crippen LogP contribution is -2.26. The molecule has 1 aliphatic rings. The second-order valence-electron chi connectivity index (χ2n) is 5.24. The summed E-state index contributed by atoms with van der Waals surface area (Å²) in [7, 11) is 0. The Labute approximate surface area is 124 Å². The minimum atomic E-state index is 0.812. The van der Waals surface area contributed by atoms with Gasteiger partial charge in [-0.15, -0.1) is 0 Å². The van der Waals surface area contributed by atoms with Gasteiger partial charge in [-0.25, -0.2) is 4.68 Å². The molecular formula is C16H21N3S. The average molecular weight is 287 g/mol. The molecule has 1 N–H and O–H groups in total. The number of hydrogen-bond donors (Lipinski definition) is 1. The minimum absolute atomic E-state index is 0.812. The number of aromatic nitrogens is 2. The molecule has 0 saturated carbocycles. The first-order valence-electron chi connectivity index (χ1n) is 7.33. The van der Waals surface area contributed by atoms with Gasteiger partial charge in [0.2, 0.25) is 0 Å². The van der Waals surface area contributed by atoms with E-state index in [0.717, 1.165) is 24.0 Å². The topological polar surface area (TPSA) is 29.9 Å². The highest BCUT2D eigenvalue weighted by atomic mass is 32.2. The number of nitrogens with zero attached hydrogens (tertiary/aromatic N) is 2. The van der Waals surface area contributed by atoms with Crippen molar-refractivity contribution in [3.8, 4) is 5.69 Å². The van der Waals surface area contributed by atoms with E-state index in [1.807, 2.05) is 16.9 Å². The van der Waals surface area contributed by atoms with Crippen LogP contribution in [0.25, 0.3) is 5.69 Å². The molecule has 1 fully saturated rings. The zero-order chi connectivity index (χ0) is 13.6. The average Bonchev–Trinajstić information content (AvgIpc) is 3.03. The maximum Gasteiger partial charge on any atom is 0.0645 e. The van der Waals surface area contributed by atoms with Gasteiger partial charge in [0.05, 0.1) is 5.69 Å². The molecule has 1 atom stereocenters. The number of hydrogen-bond acceptors (Lipinski definition) is 3. The van der Waals surface area contributed by atoms with Crippen LogP contribution in [0.3, 0.4) is 0 Å². The van der Waals surface area contributed by atoms with Crippen LogP contribution in [0.15, 0.2) is 42.7 Å². The van der Waals surface area contributed by atoms with E-state index in [1.54, 1.807) is 6.20 Å². The molecule has 1 aromatic carbocycles. The summed E-state index contributed by atoms with van der Waals surface area (Å²) in [5.74, 6) is 1.34. The second-order valence-corrected chi connectivity index (χ2v) is 6.64. The standard InChI is InChI=1S/C16H21N3S/c1-2-11-20-16(4-1)13-17-12-14-5-7-15(8-6-14)19-10-3-9-18-19/h3,5-10,16-17H,1-2,4,11-13H2. The van der Waals surface area contributed by atoms with Crippen molar-refractivity contribution in [2.75, 3.05) is 12.3 Å². The molecule has 0 radical (unpaired) electrons. The van der Waals surface area contributed by atoms with E-state index in [9.17, 15) is 0 Å². The largest absolute Gasteiger partial charge is 0.312 e. The molecule has 1 unspecified atom stereocenters. The summed E-state index contributed by atoms with van der Waals surface area (Å²) in [5, 5.41) is 8.63. The fourth-order valence-electron chi connectivity index (χ4n) is 2.53. The van der Waals surface area contributed by atoms with E-state index in [-0.39, 0.29) is 0 Å². The van der Waals surface area contributed by atoms with Crippen LogP contribution in [0.4, 0.5) is 0 Å². The van der Waals surface area contributed by atoms with Crippen molar-refractivity contribution in [1.29, 1.82) is 0 Å². The first kappa shape index (κ1) is 13.7. The Morgan fingerprint density at radius 2 is 2.15 bits per heavy atom. The molecule has 2 aromatic rings. The summed E-state index contributed by atoms with van der Waals surface area (Å²) in [6.07, 6.45) is 7.94. The Balaban J connectivity index is 1.48. The van der Waals surface area contributed by atoms with E-state index in [4.69, 9.17) is 0 Å². The van der Waals surface area contributed by atoms with Gasteiger partial charge in [0.1, 0.15) is 0 Å². The van der Waals surface area contributed by atoms with Gasteiger partial charge in [0.15, 0.2) is 0 Å². The fourth-order valence-corrected chi connectivity index (χ4v) is 3.81. The molecule has 106 valence electrons. The third-order valence-corrected chi connectivity index (χ3v) is 5.08. The molecule has 1 aliphatic heterocycles. The second kappa shape index (κ2) is 6.95. The van der Waals surface area contributed by atoms with Crippen LogP contribution in [0.5, 0.6) is 0 Å². The number of nitrogens with one attached hydrogen (secondary N) is 1. The summed E-state index contributed by atoms with van der Waals surface area (Å²) in [6, 6.07) is 10.5. The predicted octanol–water partition coefficient (Wildman–Crippen LogP) is 3.25. The Kier molecular flexibility index (Phi) is 4.77. The lowest BCUT2D eigenvalue weighted by molar-refractivity contribution is 0.598. The van der Waals surface area contributed by atoms with Crippen LogP contribution in [0, 0.1) is 0 Å². The van der Waals surface area contributed by atoms with Crippen molar-refractivity contribution in [3.63, 3.8) is 0 Å². The highest BCUT2D eigenvalue weighted by Crippen LogP contribution is 2.24. The zero-order valence-electron chi connectivity index (χ0n) is 11.7. The molecule has 1 saturated heterocycles. The molecule has 0 spiro atoms. The number of rotatable bonds is 5. The van der Waals surface area contributed by atoms with Crippen LogP contribution < -0.4 is 5.32 Å². The normalized spacial score (nSPS) is 19.1. The smallest absolute Gasteiger partial charge is 0.0645 e. The third-order valence-electron chi connectivity index (χ3n) is 3.68. The Morgan fingerprint density at radius 3 is 2.85 bits per heavy atom. The van der Waals surface area contributed by atoms with Gasteiger partial charge in [-0.05, 0) is 42.4 Å². The third kappa shape index (κ3) is 3.64. The van der Waals surface area contributed by atoms with E-state index in [1.165, 1.54) is 30.6 Å². The van der Waals surface area contributed by atoms with Crippen molar-refractivity contribution in [2.45, 2.75) is 31.1 Å². The number of benzene rings is 1. The quantitative estimate of drug-likeness (QED) is 0.915. The molecule has 0 amide bonds. The maximum absolute atomic E-state index is 4.24. The molecule has 3 rings (SSSR count). The van der Waals surface area contributed by atoms with Gasteiger partial charge in [0.25, 0.3) is 0 Å². The van der Waals surface area contributed by atoms with E-state index in [0.29, 0.717) is 0 Å². The molecule has 0 aliphatic carbocycles. The molecule has 3 nitrogen and oxygen atoms in total. The lowest BCUT2D eigenvalue weighted by Gasteiger charge is -2.21. The Morgan fingerprint density at radius 1 is 1.25 bits per heavy atom. The van der Waals surface area contributed by atoms with Gasteiger partial charge in [-0.3, -0.25) is 0 Å². The molecular weight excluding hydrogens is 266 g/mol. The summed E-state index contributed by atoms with van der Waals surface area (Å²) in [5.41, 5.74) is 2.45. The van der Waals surface area contributed by atoms with Crippen molar-refractivity contribution in [1.82, 2.24) is 15.1 Å². The minimum Gasteiger partial charge on any atom is -0.312 e. The first-order valence-corrected chi connectivity index (χ1v) is 8.38. The monoisotopic (exact) mass is 287 g/mol. The van der Waals surface area contributed by atoms with Gasteiger partial charge in [0, 0.05) is 30.7 Å².